The van der Waals surface area contributed by atoms with Gasteiger partial charge >= 0.3 is 0 Å². The molecule has 1 aromatic heterocycles. The number of nitrogens with one attached hydrogen (secondary N) is 1. The Morgan fingerprint density at radius 1 is 1.67 bits per heavy atom. The molecular weight excluding hydrogens is 194 g/mol. The Bertz CT molecular complexity index is 333. The van der Waals surface area contributed by atoms with Gasteiger partial charge in [-0.2, -0.15) is 0 Å². The van der Waals surface area contributed by atoms with Gasteiger partial charge in [-0.3, -0.25) is 4.79 Å². The fourth-order valence-electron chi connectivity index (χ4n) is 1.09. The van der Waals surface area contributed by atoms with Crippen LogP contribution in [0.5, 0.6) is 0 Å². The third-order valence-electron chi connectivity index (χ3n) is 2.30. The zero-order chi connectivity index (χ0) is 11.4. The molecule has 0 aromatic carbocycles. The molecule has 1 heterocycles. The zero-order valence-electron chi connectivity index (χ0n) is 9.28. The van der Waals surface area contributed by atoms with Crippen LogP contribution in [0.1, 0.15) is 25.3 Å². The molecule has 0 bridgehead atoms. The van der Waals surface area contributed by atoms with Crippen LogP contribution in [0.4, 0.5) is 0 Å². The fourth-order valence-corrected chi connectivity index (χ4v) is 1.09. The lowest BCUT2D eigenvalue weighted by molar-refractivity contribution is -0.123. The van der Waals surface area contributed by atoms with Crippen LogP contribution in [0.2, 0.25) is 0 Å². The lowest BCUT2D eigenvalue weighted by atomic mass is 10.1. The quantitative estimate of drug-likeness (QED) is 0.763. The van der Waals surface area contributed by atoms with Gasteiger partial charge in [0.1, 0.15) is 11.5 Å². The maximum absolute atomic E-state index is 11.5. The van der Waals surface area contributed by atoms with E-state index in [9.17, 15) is 4.79 Å². The molecule has 0 fully saturated rings. The highest BCUT2D eigenvalue weighted by Gasteiger charge is 2.17. The van der Waals surface area contributed by atoms with Gasteiger partial charge in [-0.25, -0.2) is 4.98 Å². The van der Waals surface area contributed by atoms with Crippen LogP contribution in [-0.2, 0) is 11.3 Å². The third-order valence-corrected chi connectivity index (χ3v) is 2.30. The molecule has 0 radical (unpaired) electrons. The zero-order valence-corrected chi connectivity index (χ0v) is 9.28. The van der Waals surface area contributed by atoms with Gasteiger partial charge in [0.15, 0.2) is 6.39 Å². The molecule has 0 saturated carbocycles. The van der Waals surface area contributed by atoms with E-state index in [1.165, 1.54) is 6.39 Å². The van der Waals surface area contributed by atoms with Crippen molar-refractivity contribution >= 4 is 5.91 Å². The molecule has 3 N–H and O–H groups in total. The Hall–Kier alpha value is -1.36. The second kappa shape index (κ2) is 4.93. The Morgan fingerprint density at radius 3 is 2.80 bits per heavy atom. The summed E-state index contributed by atoms with van der Waals surface area (Å²) >= 11 is 0. The van der Waals surface area contributed by atoms with Crippen LogP contribution in [0.15, 0.2) is 10.8 Å². The number of carbonyl (C=O) groups excluding carboxylic acids is 1. The molecule has 5 heteroatoms. The van der Waals surface area contributed by atoms with Crippen molar-refractivity contribution in [1.82, 2.24) is 10.3 Å². The molecule has 1 rings (SSSR count). The number of rotatable bonds is 4. The second-order valence-corrected chi connectivity index (χ2v) is 3.84. The number of hydrogen-bond donors (Lipinski definition) is 2. The second-order valence-electron chi connectivity index (χ2n) is 3.84. The maximum Gasteiger partial charge on any atom is 0.237 e. The molecule has 0 spiro atoms. The normalized spacial score (nSPS) is 12.9. The van der Waals surface area contributed by atoms with Gasteiger partial charge in [-0.1, -0.05) is 13.8 Å². The lowest BCUT2D eigenvalue weighted by Crippen LogP contribution is -2.43. The van der Waals surface area contributed by atoms with E-state index in [2.05, 4.69) is 10.3 Å². The largest absolute Gasteiger partial charge is 0.448 e. The molecule has 0 aliphatic carbocycles. The number of aryl methyl sites for hydroxylation is 1. The monoisotopic (exact) mass is 211 g/mol. The smallest absolute Gasteiger partial charge is 0.237 e. The molecule has 1 atom stereocenters. The first-order valence-electron chi connectivity index (χ1n) is 4.94. The first-order chi connectivity index (χ1) is 7.02. The van der Waals surface area contributed by atoms with Crippen molar-refractivity contribution in [2.45, 2.75) is 33.4 Å². The first kappa shape index (κ1) is 11.7. The minimum atomic E-state index is -0.475. The fraction of sp³-hybridized carbons (Fsp3) is 0.600. The highest BCUT2D eigenvalue weighted by Crippen LogP contribution is 2.04. The van der Waals surface area contributed by atoms with Gasteiger partial charge in [0.2, 0.25) is 5.91 Å². The summed E-state index contributed by atoms with van der Waals surface area (Å²) in [5.74, 6) is 0.684. The summed E-state index contributed by atoms with van der Waals surface area (Å²) in [6.45, 7) is 5.98. The summed E-state index contributed by atoms with van der Waals surface area (Å²) in [4.78, 5) is 15.5. The predicted molar refractivity (Wildman–Crippen MR) is 55.9 cm³/mol. The van der Waals surface area contributed by atoms with E-state index in [0.29, 0.717) is 12.3 Å². The number of hydrogen-bond acceptors (Lipinski definition) is 4. The van der Waals surface area contributed by atoms with Crippen LogP contribution in [-0.4, -0.2) is 16.9 Å². The topological polar surface area (TPSA) is 81.2 Å². The average Bonchev–Trinajstić information content (AvgIpc) is 2.59. The highest BCUT2D eigenvalue weighted by molar-refractivity contribution is 5.81. The van der Waals surface area contributed by atoms with E-state index in [1.807, 2.05) is 13.8 Å². The van der Waals surface area contributed by atoms with E-state index in [0.717, 1.165) is 5.69 Å². The Labute approximate surface area is 89.1 Å². The van der Waals surface area contributed by atoms with Crippen LogP contribution in [0.3, 0.4) is 0 Å². The van der Waals surface area contributed by atoms with Gasteiger partial charge in [0, 0.05) is 0 Å². The van der Waals surface area contributed by atoms with Gasteiger partial charge in [0.05, 0.1) is 12.6 Å². The summed E-state index contributed by atoms with van der Waals surface area (Å²) in [5.41, 5.74) is 6.42. The molecule has 0 aliphatic rings. The number of carbonyl (C=O) groups is 1. The number of nitrogens with two attached hydrogens (primary N) is 1. The first-order valence-corrected chi connectivity index (χ1v) is 4.94. The highest BCUT2D eigenvalue weighted by atomic mass is 16.3. The molecule has 0 aliphatic heterocycles. The van der Waals surface area contributed by atoms with Gasteiger partial charge in [0.25, 0.3) is 0 Å². The van der Waals surface area contributed by atoms with Crippen LogP contribution in [0, 0.1) is 12.8 Å². The molecule has 1 amide bonds. The van der Waals surface area contributed by atoms with Crippen LogP contribution in [0.25, 0.3) is 0 Å². The van der Waals surface area contributed by atoms with E-state index in [-0.39, 0.29) is 11.8 Å². The maximum atomic E-state index is 11.5. The summed E-state index contributed by atoms with van der Waals surface area (Å²) in [6.07, 6.45) is 1.36. The van der Waals surface area contributed by atoms with Crippen molar-refractivity contribution in [3.63, 3.8) is 0 Å². The van der Waals surface area contributed by atoms with Crippen LogP contribution < -0.4 is 11.1 Å². The number of aromatic nitrogens is 1. The number of nitrogens with zero attached hydrogens (tertiary/aromatic N) is 1. The number of oxazole rings is 1. The van der Waals surface area contributed by atoms with Crippen LogP contribution >= 0.6 is 0 Å². The van der Waals surface area contributed by atoms with Crippen molar-refractivity contribution in [2.75, 3.05) is 0 Å². The SMILES string of the molecule is Cc1ocnc1CNC(=O)[C@H](N)C(C)C. The Morgan fingerprint density at radius 2 is 2.33 bits per heavy atom. The van der Waals surface area contributed by atoms with Crippen molar-refractivity contribution in [3.8, 4) is 0 Å². The van der Waals surface area contributed by atoms with E-state index >= 15 is 0 Å². The molecule has 15 heavy (non-hydrogen) atoms. The van der Waals surface area contributed by atoms with Crippen molar-refractivity contribution < 1.29 is 9.21 Å². The molecular formula is C10H17N3O2. The molecule has 0 saturated heterocycles. The minimum absolute atomic E-state index is 0.128. The van der Waals surface area contributed by atoms with Gasteiger partial charge in [-0.15, -0.1) is 0 Å². The van der Waals surface area contributed by atoms with E-state index in [1.54, 1.807) is 6.92 Å². The lowest BCUT2D eigenvalue weighted by Gasteiger charge is -2.14. The van der Waals surface area contributed by atoms with Gasteiger partial charge < -0.3 is 15.5 Å². The molecule has 0 unspecified atom stereocenters. The van der Waals surface area contributed by atoms with E-state index in [4.69, 9.17) is 10.2 Å². The summed E-state index contributed by atoms with van der Waals surface area (Å²) in [6, 6.07) is -0.475. The minimum Gasteiger partial charge on any atom is -0.448 e. The molecule has 84 valence electrons. The Kier molecular flexibility index (Phi) is 3.85. The standard InChI is InChI=1S/C10H17N3O2/c1-6(2)9(11)10(14)12-4-8-7(3)15-5-13-8/h5-6,9H,4,11H2,1-3H3,(H,12,14)/t9-/m1/s1. The average molecular weight is 211 g/mol. The number of amides is 1. The summed E-state index contributed by atoms with van der Waals surface area (Å²) in [7, 11) is 0. The molecule has 5 nitrogen and oxygen atoms in total. The summed E-state index contributed by atoms with van der Waals surface area (Å²) in [5, 5.41) is 2.72. The van der Waals surface area contributed by atoms with Crippen molar-refractivity contribution in [1.29, 1.82) is 0 Å². The molecule has 1 aromatic rings. The Balaban J connectivity index is 2.44. The van der Waals surface area contributed by atoms with E-state index < -0.39 is 6.04 Å². The summed E-state index contributed by atoms with van der Waals surface area (Å²) < 4.78 is 5.01. The van der Waals surface area contributed by atoms with Crippen molar-refractivity contribution in [3.05, 3.63) is 17.8 Å². The predicted octanol–water partition coefficient (Wildman–Crippen LogP) is 0.583. The third kappa shape index (κ3) is 3.06. The van der Waals surface area contributed by atoms with Gasteiger partial charge in [-0.05, 0) is 12.8 Å². The van der Waals surface area contributed by atoms with Crippen molar-refractivity contribution in [2.24, 2.45) is 11.7 Å².